The van der Waals surface area contributed by atoms with Crippen LogP contribution in [-0.2, 0) is 9.59 Å². The third kappa shape index (κ3) is 7.19. The Bertz CT molecular complexity index is 1660. The van der Waals surface area contributed by atoms with Crippen LogP contribution in [0.25, 0.3) is 21.5 Å². The number of rotatable bonds is 8. The minimum absolute atomic E-state index is 0.115. The first kappa shape index (κ1) is 27.7. The first-order chi connectivity index (χ1) is 20.4. The van der Waals surface area contributed by atoms with Gasteiger partial charge in [-0.25, -0.2) is 0 Å². The van der Waals surface area contributed by atoms with E-state index in [1.54, 1.807) is 12.1 Å². The van der Waals surface area contributed by atoms with Crippen molar-refractivity contribution in [3.05, 3.63) is 120 Å². The molecule has 0 atom stereocenters. The van der Waals surface area contributed by atoms with Gasteiger partial charge in [0.25, 0.3) is 23.6 Å². The van der Waals surface area contributed by atoms with E-state index in [1.807, 2.05) is 72.8 Å². The van der Waals surface area contributed by atoms with E-state index < -0.39 is 23.6 Å². The number of carbonyl (C=O) groups is 4. The number of amides is 4. The maximum absolute atomic E-state index is 12.5. The van der Waals surface area contributed by atoms with Gasteiger partial charge in [0.15, 0.2) is 13.2 Å². The lowest BCUT2D eigenvalue weighted by molar-refractivity contribution is -0.124. The van der Waals surface area contributed by atoms with Gasteiger partial charge in [0, 0.05) is 11.1 Å². The third-order valence-electron chi connectivity index (χ3n) is 6.20. The summed E-state index contributed by atoms with van der Waals surface area (Å²) >= 11 is 0. The van der Waals surface area contributed by atoms with E-state index >= 15 is 0 Å². The van der Waals surface area contributed by atoms with Crippen molar-refractivity contribution < 1.29 is 28.7 Å². The molecular weight excluding hydrogens is 536 g/mol. The maximum Gasteiger partial charge on any atom is 0.276 e. The molecule has 0 aromatic heterocycles. The van der Waals surface area contributed by atoms with Crippen LogP contribution in [0.1, 0.15) is 20.7 Å². The van der Waals surface area contributed by atoms with Crippen LogP contribution < -0.4 is 31.2 Å². The SMILES string of the molecule is O=C(COc1ccc2ccccc2c1)NNC(=O)c1cccc(C(=O)NNC(=O)COc2ccc3ccccc3c2)c1. The number of hydrazine groups is 2. The van der Waals surface area contributed by atoms with Crippen molar-refractivity contribution in [3.8, 4) is 11.5 Å². The zero-order chi connectivity index (χ0) is 29.3. The summed E-state index contributed by atoms with van der Waals surface area (Å²) in [6.45, 7) is -0.628. The summed E-state index contributed by atoms with van der Waals surface area (Å²) in [5.41, 5.74) is 9.36. The standard InChI is InChI=1S/C32H26N4O6/c37-29(19-41-27-14-12-21-6-1-3-8-23(21)17-27)33-35-31(39)25-10-5-11-26(16-25)32(40)36-34-30(38)20-42-28-15-13-22-7-2-4-9-24(22)18-28/h1-18H,19-20H2,(H,33,37)(H,34,38)(H,35,39)(H,36,40). The van der Waals surface area contributed by atoms with Gasteiger partial charge in [-0.2, -0.15) is 0 Å². The highest BCUT2D eigenvalue weighted by molar-refractivity contribution is 6.00. The number of hydrogen-bond donors (Lipinski definition) is 4. The molecule has 0 radical (unpaired) electrons. The lowest BCUT2D eigenvalue weighted by Crippen LogP contribution is -2.44. The number of carbonyl (C=O) groups excluding carboxylic acids is 4. The zero-order valence-electron chi connectivity index (χ0n) is 22.3. The van der Waals surface area contributed by atoms with Crippen molar-refractivity contribution in [1.82, 2.24) is 21.7 Å². The average molecular weight is 563 g/mol. The van der Waals surface area contributed by atoms with Crippen molar-refractivity contribution >= 4 is 45.2 Å². The van der Waals surface area contributed by atoms with Crippen molar-refractivity contribution in [3.63, 3.8) is 0 Å². The van der Waals surface area contributed by atoms with Crippen LogP contribution >= 0.6 is 0 Å². The summed E-state index contributed by atoms with van der Waals surface area (Å²) < 4.78 is 11.0. The predicted molar refractivity (Wildman–Crippen MR) is 157 cm³/mol. The van der Waals surface area contributed by atoms with Crippen LogP contribution in [0.2, 0.25) is 0 Å². The normalized spacial score (nSPS) is 10.5. The monoisotopic (exact) mass is 562 g/mol. The number of ether oxygens (including phenoxy) is 2. The third-order valence-corrected chi connectivity index (χ3v) is 6.20. The van der Waals surface area contributed by atoms with Crippen molar-refractivity contribution in [2.45, 2.75) is 0 Å². The second-order valence-corrected chi connectivity index (χ2v) is 9.18. The maximum atomic E-state index is 12.5. The summed E-state index contributed by atoms with van der Waals surface area (Å²) in [5, 5.41) is 4.04. The highest BCUT2D eigenvalue weighted by Crippen LogP contribution is 2.21. The van der Waals surface area contributed by atoms with Gasteiger partial charge in [0.1, 0.15) is 11.5 Å². The topological polar surface area (TPSA) is 135 Å². The van der Waals surface area contributed by atoms with Crippen LogP contribution in [0, 0.1) is 0 Å². The molecule has 0 aliphatic heterocycles. The molecule has 5 aromatic rings. The van der Waals surface area contributed by atoms with Gasteiger partial charge in [-0.1, -0.05) is 66.7 Å². The summed E-state index contributed by atoms with van der Waals surface area (Å²) in [4.78, 5) is 49.4. The van der Waals surface area contributed by atoms with E-state index in [-0.39, 0.29) is 24.3 Å². The van der Waals surface area contributed by atoms with Crippen LogP contribution in [0.15, 0.2) is 109 Å². The summed E-state index contributed by atoms with van der Waals surface area (Å²) in [6.07, 6.45) is 0. The molecule has 10 nitrogen and oxygen atoms in total. The first-order valence-corrected chi connectivity index (χ1v) is 13.0. The van der Waals surface area contributed by atoms with Gasteiger partial charge < -0.3 is 9.47 Å². The molecule has 5 rings (SSSR count). The van der Waals surface area contributed by atoms with Crippen molar-refractivity contribution in [2.24, 2.45) is 0 Å². The number of nitrogens with one attached hydrogen (secondary N) is 4. The molecule has 4 N–H and O–H groups in total. The van der Waals surface area contributed by atoms with E-state index in [1.165, 1.54) is 24.3 Å². The Hall–Kier alpha value is -5.90. The molecule has 42 heavy (non-hydrogen) atoms. The van der Waals surface area contributed by atoms with E-state index in [0.717, 1.165) is 21.5 Å². The second kappa shape index (κ2) is 13.0. The van der Waals surface area contributed by atoms with Crippen LogP contribution in [-0.4, -0.2) is 36.8 Å². The Morgan fingerprint density at radius 3 is 1.33 bits per heavy atom. The molecule has 0 aliphatic carbocycles. The van der Waals surface area contributed by atoms with Crippen molar-refractivity contribution in [2.75, 3.05) is 13.2 Å². The Labute approximate surface area is 240 Å². The molecule has 4 amide bonds. The van der Waals surface area contributed by atoms with Crippen LogP contribution in [0.5, 0.6) is 11.5 Å². The quantitative estimate of drug-likeness (QED) is 0.213. The van der Waals surface area contributed by atoms with Gasteiger partial charge in [-0.05, 0) is 64.0 Å². The smallest absolute Gasteiger partial charge is 0.276 e. The van der Waals surface area contributed by atoms with E-state index in [0.29, 0.717) is 11.5 Å². The largest absolute Gasteiger partial charge is 0.484 e. The lowest BCUT2D eigenvalue weighted by Gasteiger charge is -2.11. The molecular formula is C32H26N4O6. The summed E-state index contributed by atoms with van der Waals surface area (Å²) in [5.74, 6) is -1.39. The summed E-state index contributed by atoms with van der Waals surface area (Å²) in [7, 11) is 0. The Morgan fingerprint density at radius 1 is 0.452 bits per heavy atom. The number of hydrogen-bond acceptors (Lipinski definition) is 6. The fraction of sp³-hybridized carbons (Fsp3) is 0.0625. The molecule has 0 heterocycles. The van der Waals surface area contributed by atoms with Gasteiger partial charge in [0.2, 0.25) is 0 Å². The minimum Gasteiger partial charge on any atom is -0.484 e. The average Bonchev–Trinajstić information content (AvgIpc) is 3.04. The van der Waals surface area contributed by atoms with E-state index in [2.05, 4.69) is 21.7 Å². The predicted octanol–water partition coefficient (Wildman–Crippen LogP) is 3.67. The molecule has 0 aliphatic rings. The van der Waals surface area contributed by atoms with Gasteiger partial charge in [-0.15, -0.1) is 0 Å². The Balaban J connectivity index is 1.05. The molecule has 10 heteroatoms. The number of fused-ring (bicyclic) bond motifs is 2. The molecule has 5 aromatic carbocycles. The molecule has 0 bridgehead atoms. The van der Waals surface area contributed by atoms with Gasteiger partial charge in [-0.3, -0.25) is 40.9 Å². The van der Waals surface area contributed by atoms with Crippen LogP contribution in [0.3, 0.4) is 0 Å². The highest BCUT2D eigenvalue weighted by Gasteiger charge is 2.13. The minimum atomic E-state index is -0.642. The fourth-order valence-corrected chi connectivity index (χ4v) is 4.08. The molecule has 0 fully saturated rings. The fourth-order valence-electron chi connectivity index (χ4n) is 4.08. The molecule has 0 unspecified atom stereocenters. The van der Waals surface area contributed by atoms with E-state index in [4.69, 9.17) is 9.47 Å². The molecule has 0 saturated carbocycles. The van der Waals surface area contributed by atoms with Crippen molar-refractivity contribution in [1.29, 1.82) is 0 Å². The Kier molecular flexibility index (Phi) is 8.54. The highest BCUT2D eigenvalue weighted by atomic mass is 16.5. The molecule has 0 saturated heterocycles. The summed E-state index contributed by atoms with van der Waals surface area (Å²) in [6, 6.07) is 32.2. The van der Waals surface area contributed by atoms with Gasteiger partial charge >= 0.3 is 0 Å². The van der Waals surface area contributed by atoms with Crippen LogP contribution in [0.4, 0.5) is 0 Å². The molecule has 210 valence electrons. The second-order valence-electron chi connectivity index (χ2n) is 9.18. The number of benzene rings is 5. The Morgan fingerprint density at radius 2 is 0.881 bits per heavy atom. The zero-order valence-corrected chi connectivity index (χ0v) is 22.3. The van der Waals surface area contributed by atoms with Gasteiger partial charge in [0.05, 0.1) is 0 Å². The van der Waals surface area contributed by atoms with E-state index in [9.17, 15) is 19.2 Å². The lowest BCUT2D eigenvalue weighted by atomic mass is 10.1. The first-order valence-electron chi connectivity index (χ1n) is 13.0. The molecule has 0 spiro atoms.